The van der Waals surface area contributed by atoms with Crippen LogP contribution in [0, 0.1) is 0 Å². The number of carbonyl (C=O) groups is 1. The Morgan fingerprint density at radius 2 is 1.80 bits per heavy atom. The number of rotatable bonds is 10. The van der Waals surface area contributed by atoms with Crippen LogP contribution in [-0.4, -0.2) is 63.7 Å². The summed E-state index contributed by atoms with van der Waals surface area (Å²) in [5, 5.41) is 6.45. The normalized spacial score (nSPS) is 11.3. The maximum atomic E-state index is 11.5. The van der Waals surface area contributed by atoms with E-state index in [9.17, 15) is 4.79 Å². The molecule has 0 heterocycles. The molecule has 0 radical (unpaired) electrons. The van der Waals surface area contributed by atoms with E-state index in [1.54, 1.807) is 19.0 Å². The second-order valence-electron chi connectivity index (χ2n) is 4.71. The Balaban J connectivity index is 4.11. The molecule has 0 atom stereocenters. The Labute approximate surface area is 123 Å². The molecule has 0 rings (SSSR count). The lowest BCUT2D eigenvalue weighted by atomic mass is 10.3. The maximum absolute atomic E-state index is 11.5. The fraction of sp³-hybridized carbons (Fsp3) is 0.857. The topological polar surface area (TPSA) is 66.0 Å². The lowest BCUT2D eigenvalue weighted by molar-refractivity contribution is -0.127. The molecule has 1 amide bonds. The lowest BCUT2D eigenvalue weighted by Crippen LogP contribution is -2.39. The van der Waals surface area contributed by atoms with Gasteiger partial charge < -0.3 is 20.3 Å². The number of hydrogen-bond acceptors (Lipinski definition) is 3. The third-order valence-electron chi connectivity index (χ3n) is 2.66. The van der Waals surface area contributed by atoms with E-state index in [0.717, 1.165) is 45.6 Å². The van der Waals surface area contributed by atoms with Gasteiger partial charge in [0.15, 0.2) is 5.96 Å². The SMILES string of the molecule is CCCCNC(=NCC(=O)N(C)C)NCCCOCC. The van der Waals surface area contributed by atoms with Crippen molar-refractivity contribution >= 4 is 11.9 Å². The fourth-order valence-electron chi connectivity index (χ4n) is 1.37. The van der Waals surface area contributed by atoms with E-state index in [1.165, 1.54) is 0 Å². The highest BCUT2D eigenvalue weighted by molar-refractivity contribution is 5.84. The van der Waals surface area contributed by atoms with Crippen molar-refractivity contribution < 1.29 is 9.53 Å². The summed E-state index contributed by atoms with van der Waals surface area (Å²) in [7, 11) is 3.47. The van der Waals surface area contributed by atoms with Crippen molar-refractivity contribution in [3.05, 3.63) is 0 Å². The van der Waals surface area contributed by atoms with Gasteiger partial charge in [-0.3, -0.25) is 4.79 Å². The van der Waals surface area contributed by atoms with E-state index >= 15 is 0 Å². The number of nitrogens with one attached hydrogen (secondary N) is 2. The zero-order valence-electron chi connectivity index (χ0n) is 13.4. The van der Waals surface area contributed by atoms with Gasteiger partial charge in [-0.2, -0.15) is 0 Å². The smallest absolute Gasteiger partial charge is 0.243 e. The predicted octanol–water partition coefficient (Wildman–Crippen LogP) is 0.837. The van der Waals surface area contributed by atoms with Crippen LogP contribution in [0.1, 0.15) is 33.1 Å². The second-order valence-corrected chi connectivity index (χ2v) is 4.71. The average Bonchev–Trinajstić information content (AvgIpc) is 2.43. The van der Waals surface area contributed by atoms with Gasteiger partial charge in [-0.1, -0.05) is 13.3 Å². The highest BCUT2D eigenvalue weighted by Gasteiger charge is 2.04. The van der Waals surface area contributed by atoms with Gasteiger partial charge in [0.05, 0.1) is 0 Å². The van der Waals surface area contributed by atoms with Gasteiger partial charge in [0, 0.05) is 40.4 Å². The van der Waals surface area contributed by atoms with Crippen molar-refractivity contribution in [3.63, 3.8) is 0 Å². The Kier molecular flexibility index (Phi) is 11.9. The van der Waals surface area contributed by atoms with Gasteiger partial charge in [0.25, 0.3) is 0 Å². The average molecular weight is 286 g/mol. The van der Waals surface area contributed by atoms with E-state index in [4.69, 9.17) is 4.74 Å². The van der Waals surface area contributed by atoms with Crippen LogP contribution in [0.25, 0.3) is 0 Å². The van der Waals surface area contributed by atoms with Crippen LogP contribution in [0.2, 0.25) is 0 Å². The molecule has 0 aromatic heterocycles. The molecule has 0 aromatic rings. The Morgan fingerprint density at radius 3 is 2.35 bits per heavy atom. The second kappa shape index (κ2) is 12.7. The molecule has 0 bridgehead atoms. The lowest BCUT2D eigenvalue weighted by Gasteiger charge is -2.13. The Morgan fingerprint density at radius 1 is 1.15 bits per heavy atom. The van der Waals surface area contributed by atoms with E-state index in [2.05, 4.69) is 22.5 Å². The standard InChI is InChI=1S/C14H30N4O2/c1-5-7-9-15-14(16-10-8-11-20-6-2)17-12-13(19)18(3)4/h5-12H2,1-4H3,(H2,15,16,17). The Bertz CT molecular complexity index is 280. The molecule has 0 saturated heterocycles. The highest BCUT2D eigenvalue weighted by atomic mass is 16.5. The zero-order valence-corrected chi connectivity index (χ0v) is 13.4. The van der Waals surface area contributed by atoms with Crippen LogP contribution < -0.4 is 10.6 Å². The van der Waals surface area contributed by atoms with Crippen molar-refractivity contribution in [1.82, 2.24) is 15.5 Å². The molecule has 0 aliphatic heterocycles. The first kappa shape index (κ1) is 18.7. The molecule has 0 aromatic carbocycles. The van der Waals surface area contributed by atoms with Crippen molar-refractivity contribution in [1.29, 1.82) is 0 Å². The largest absolute Gasteiger partial charge is 0.382 e. The van der Waals surface area contributed by atoms with Gasteiger partial charge in [0.1, 0.15) is 6.54 Å². The molecule has 20 heavy (non-hydrogen) atoms. The first-order valence-electron chi connectivity index (χ1n) is 7.41. The van der Waals surface area contributed by atoms with Gasteiger partial charge in [0.2, 0.25) is 5.91 Å². The number of nitrogens with zero attached hydrogens (tertiary/aromatic N) is 2. The molecular formula is C14H30N4O2. The summed E-state index contributed by atoms with van der Waals surface area (Å²) < 4.78 is 5.28. The molecular weight excluding hydrogens is 256 g/mol. The van der Waals surface area contributed by atoms with Crippen molar-refractivity contribution in [3.8, 4) is 0 Å². The van der Waals surface area contributed by atoms with E-state index < -0.39 is 0 Å². The molecule has 6 heteroatoms. The number of ether oxygens (including phenoxy) is 1. The number of likely N-dealkylation sites (N-methyl/N-ethyl adjacent to an activating group) is 1. The summed E-state index contributed by atoms with van der Waals surface area (Å²) in [6.45, 7) is 7.43. The van der Waals surface area contributed by atoms with Crippen molar-refractivity contribution in [2.24, 2.45) is 4.99 Å². The molecule has 0 saturated carbocycles. The van der Waals surface area contributed by atoms with Crippen LogP contribution in [0.3, 0.4) is 0 Å². The quantitative estimate of drug-likeness (QED) is 0.355. The van der Waals surface area contributed by atoms with Gasteiger partial charge >= 0.3 is 0 Å². The maximum Gasteiger partial charge on any atom is 0.243 e. The summed E-state index contributed by atoms with van der Waals surface area (Å²) in [5.74, 6) is 0.695. The molecule has 118 valence electrons. The molecule has 6 nitrogen and oxygen atoms in total. The van der Waals surface area contributed by atoms with Crippen molar-refractivity contribution in [2.75, 3.05) is 46.9 Å². The van der Waals surface area contributed by atoms with Gasteiger partial charge in [-0.25, -0.2) is 4.99 Å². The number of aliphatic imine (C=N–C) groups is 1. The first-order chi connectivity index (χ1) is 9.61. The third kappa shape index (κ3) is 10.6. The minimum Gasteiger partial charge on any atom is -0.382 e. The number of amides is 1. The summed E-state index contributed by atoms with van der Waals surface area (Å²) >= 11 is 0. The minimum absolute atomic E-state index is 0.00379. The van der Waals surface area contributed by atoms with Crippen molar-refractivity contribution in [2.45, 2.75) is 33.1 Å². The van der Waals surface area contributed by atoms with Crippen LogP contribution in [0.5, 0.6) is 0 Å². The molecule has 0 aliphatic carbocycles. The predicted molar refractivity (Wildman–Crippen MR) is 83.0 cm³/mol. The molecule has 2 N–H and O–H groups in total. The minimum atomic E-state index is -0.00379. The molecule has 0 unspecified atom stereocenters. The van der Waals surface area contributed by atoms with Crippen LogP contribution in [0.15, 0.2) is 4.99 Å². The van der Waals surface area contributed by atoms with E-state index in [-0.39, 0.29) is 12.5 Å². The van der Waals surface area contributed by atoms with E-state index in [0.29, 0.717) is 5.96 Å². The summed E-state index contributed by atoms with van der Waals surface area (Å²) in [6.07, 6.45) is 3.13. The number of unbranched alkanes of at least 4 members (excludes halogenated alkanes) is 1. The van der Waals surface area contributed by atoms with Gasteiger partial charge in [-0.05, 0) is 19.8 Å². The van der Waals surface area contributed by atoms with Crippen LogP contribution in [0.4, 0.5) is 0 Å². The molecule has 0 fully saturated rings. The third-order valence-corrected chi connectivity index (χ3v) is 2.66. The van der Waals surface area contributed by atoms with E-state index in [1.807, 2.05) is 6.92 Å². The first-order valence-corrected chi connectivity index (χ1v) is 7.41. The molecule has 0 spiro atoms. The molecule has 0 aliphatic rings. The van der Waals surface area contributed by atoms with Crippen LogP contribution in [-0.2, 0) is 9.53 Å². The number of carbonyl (C=O) groups excluding carboxylic acids is 1. The summed E-state index contributed by atoms with van der Waals surface area (Å²) in [5.41, 5.74) is 0. The monoisotopic (exact) mass is 286 g/mol. The summed E-state index contributed by atoms with van der Waals surface area (Å²) in [6, 6.07) is 0. The Hall–Kier alpha value is -1.30. The zero-order chi connectivity index (χ0) is 15.2. The van der Waals surface area contributed by atoms with Gasteiger partial charge in [-0.15, -0.1) is 0 Å². The number of guanidine groups is 1. The fourth-order valence-corrected chi connectivity index (χ4v) is 1.37. The number of hydrogen-bond donors (Lipinski definition) is 2. The van der Waals surface area contributed by atoms with Crippen LogP contribution >= 0.6 is 0 Å². The highest BCUT2D eigenvalue weighted by Crippen LogP contribution is 1.86. The summed E-state index contributed by atoms with van der Waals surface area (Å²) in [4.78, 5) is 17.4.